The molecule has 9 nitrogen and oxygen atoms in total. The number of alkyl halides is 3. The average Bonchev–Trinajstić information content (AvgIpc) is 3.67. The molecule has 43 heavy (non-hydrogen) atoms. The molecule has 1 aliphatic carbocycles. The molecule has 1 heterocycles. The molecule has 13 heteroatoms. The Morgan fingerprint density at radius 3 is 2.33 bits per heavy atom. The van der Waals surface area contributed by atoms with Crippen molar-refractivity contribution in [2.24, 2.45) is 5.92 Å². The van der Waals surface area contributed by atoms with Crippen molar-refractivity contribution in [2.45, 2.75) is 83.1 Å². The lowest BCUT2D eigenvalue weighted by Crippen LogP contribution is -2.52. The van der Waals surface area contributed by atoms with E-state index in [1.54, 1.807) is 35.2 Å². The smallest absolute Gasteiger partial charge is 0.359 e. The van der Waals surface area contributed by atoms with Crippen LogP contribution in [0.4, 0.5) is 19.0 Å². The summed E-state index contributed by atoms with van der Waals surface area (Å²) in [6, 6.07) is 12.2. The summed E-state index contributed by atoms with van der Waals surface area (Å²) in [5.41, 5.74) is 0.156. The van der Waals surface area contributed by atoms with Crippen LogP contribution in [0.2, 0.25) is 0 Å². The third-order valence-electron chi connectivity index (χ3n) is 7.12. The first-order chi connectivity index (χ1) is 20.2. The van der Waals surface area contributed by atoms with Crippen LogP contribution in [0.5, 0.6) is 0 Å². The number of anilines is 1. The van der Waals surface area contributed by atoms with E-state index in [0.29, 0.717) is 12.0 Å². The summed E-state index contributed by atoms with van der Waals surface area (Å²) < 4.78 is 73.6. The minimum atomic E-state index is -4.88. The van der Waals surface area contributed by atoms with Gasteiger partial charge in [0.2, 0.25) is 11.8 Å². The Kier molecular flexibility index (Phi) is 9.53. The second-order valence-corrected chi connectivity index (χ2v) is 12.7. The lowest BCUT2D eigenvalue weighted by atomic mass is 9.99. The molecule has 2 aromatic carbocycles. The predicted octanol–water partition coefficient (Wildman–Crippen LogP) is 5.90. The molecule has 0 aliphatic heterocycles. The summed E-state index contributed by atoms with van der Waals surface area (Å²) in [6.45, 7) is 6.91. The maximum atomic E-state index is 13.5. The highest BCUT2D eigenvalue weighted by molar-refractivity contribution is 7.92. The number of nitrogens with one attached hydrogen (secondary N) is 2. The van der Waals surface area contributed by atoms with Crippen LogP contribution >= 0.6 is 0 Å². The van der Waals surface area contributed by atoms with Crippen molar-refractivity contribution >= 4 is 27.7 Å². The van der Waals surface area contributed by atoms with E-state index in [4.69, 9.17) is 0 Å². The summed E-state index contributed by atoms with van der Waals surface area (Å²) in [4.78, 5) is 27.6. The van der Waals surface area contributed by atoms with Gasteiger partial charge in [0.05, 0.1) is 4.90 Å². The standard InChI is InChI=1S/C30H35F3N4O5S/c1-5-8-25(38)37(27(18(2)3)29(39)34-22-15-16-22)17-20-11-13-21(14-12-20)23-9-6-7-10-24(23)43(40,41)36-28-26(30(31,32)33)19(4)42-35-28/h6-7,9-14,18,22,27H,5,8,15-17H2,1-4H3,(H,34,39)(H,35,36)/t27-/m0/s1. The van der Waals surface area contributed by atoms with Gasteiger partial charge in [-0.2, -0.15) is 13.2 Å². The first kappa shape index (κ1) is 32.1. The number of aromatic nitrogens is 1. The van der Waals surface area contributed by atoms with Crippen LogP contribution < -0.4 is 10.0 Å². The third-order valence-corrected chi connectivity index (χ3v) is 8.51. The first-order valence-electron chi connectivity index (χ1n) is 14.1. The quantitative estimate of drug-likeness (QED) is 0.260. The van der Waals surface area contributed by atoms with Gasteiger partial charge in [0.15, 0.2) is 5.82 Å². The van der Waals surface area contributed by atoms with E-state index in [1.165, 1.54) is 18.2 Å². The fourth-order valence-corrected chi connectivity index (χ4v) is 6.14. The largest absolute Gasteiger partial charge is 0.423 e. The summed E-state index contributed by atoms with van der Waals surface area (Å²) in [5, 5.41) is 6.29. The van der Waals surface area contributed by atoms with E-state index < -0.39 is 39.4 Å². The molecule has 4 rings (SSSR count). The maximum Gasteiger partial charge on any atom is 0.423 e. The van der Waals surface area contributed by atoms with Gasteiger partial charge in [-0.3, -0.25) is 14.3 Å². The van der Waals surface area contributed by atoms with Gasteiger partial charge in [-0.25, -0.2) is 8.42 Å². The van der Waals surface area contributed by atoms with Crippen LogP contribution in [0.3, 0.4) is 0 Å². The Morgan fingerprint density at radius 1 is 1.09 bits per heavy atom. The fourth-order valence-electron chi connectivity index (χ4n) is 4.90. The Bertz CT molecular complexity index is 1570. The topological polar surface area (TPSA) is 122 Å². The van der Waals surface area contributed by atoms with Crippen molar-refractivity contribution in [3.05, 3.63) is 65.4 Å². The minimum Gasteiger partial charge on any atom is -0.359 e. The predicted molar refractivity (Wildman–Crippen MR) is 154 cm³/mol. The molecule has 3 aromatic rings. The second-order valence-electron chi connectivity index (χ2n) is 11.0. The summed E-state index contributed by atoms with van der Waals surface area (Å²) in [6.07, 6.45) is -2.11. The molecule has 1 aliphatic rings. The molecule has 0 bridgehead atoms. The summed E-state index contributed by atoms with van der Waals surface area (Å²) in [7, 11) is -4.51. The second kappa shape index (κ2) is 12.8. The molecule has 1 saturated carbocycles. The molecule has 2 amide bonds. The van der Waals surface area contributed by atoms with Gasteiger partial charge in [-0.1, -0.05) is 68.4 Å². The van der Waals surface area contributed by atoms with Crippen LogP contribution in [-0.4, -0.2) is 42.4 Å². The number of amides is 2. The lowest BCUT2D eigenvalue weighted by molar-refractivity contribution is -0.143. The number of carbonyl (C=O) groups is 2. The SMILES string of the molecule is CCCC(=O)N(Cc1ccc(-c2ccccc2S(=O)(=O)Nc2noc(C)c2C(F)(F)F)cc1)[C@H](C(=O)NC1CC1)C(C)C. The van der Waals surface area contributed by atoms with E-state index in [0.717, 1.165) is 25.3 Å². The van der Waals surface area contributed by atoms with Crippen LogP contribution in [0.25, 0.3) is 11.1 Å². The Hall–Kier alpha value is -3.87. The van der Waals surface area contributed by atoms with Crippen molar-refractivity contribution in [3.63, 3.8) is 0 Å². The van der Waals surface area contributed by atoms with Crippen molar-refractivity contribution in [2.75, 3.05) is 4.72 Å². The van der Waals surface area contributed by atoms with Crippen LogP contribution in [0.15, 0.2) is 57.9 Å². The molecule has 1 atom stereocenters. The highest BCUT2D eigenvalue weighted by Crippen LogP contribution is 2.38. The minimum absolute atomic E-state index is 0.130. The molecule has 1 aromatic heterocycles. The van der Waals surface area contributed by atoms with Gasteiger partial charge < -0.3 is 14.7 Å². The van der Waals surface area contributed by atoms with Crippen LogP contribution in [0.1, 0.15) is 63.3 Å². The molecular formula is C30H35F3N4O5S. The van der Waals surface area contributed by atoms with E-state index >= 15 is 0 Å². The first-order valence-corrected chi connectivity index (χ1v) is 15.6. The lowest BCUT2D eigenvalue weighted by Gasteiger charge is -2.34. The number of rotatable bonds is 12. The normalized spacial score (nSPS) is 14.4. The zero-order chi connectivity index (χ0) is 31.5. The number of halogens is 3. The summed E-state index contributed by atoms with van der Waals surface area (Å²) >= 11 is 0. The number of hydrogen-bond acceptors (Lipinski definition) is 6. The molecular weight excluding hydrogens is 585 g/mol. The van der Waals surface area contributed by atoms with Gasteiger partial charge in [0, 0.05) is 24.6 Å². The van der Waals surface area contributed by atoms with Gasteiger partial charge in [0.25, 0.3) is 10.0 Å². The molecule has 0 spiro atoms. The van der Waals surface area contributed by atoms with Gasteiger partial charge in [0.1, 0.15) is 17.4 Å². The van der Waals surface area contributed by atoms with Crippen molar-refractivity contribution in [1.29, 1.82) is 0 Å². The Morgan fingerprint density at radius 2 is 1.74 bits per heavy atom. The van der Waals surface area contributed by atoms with Crippen molar-refractivity contribution < 1.29 is 35.7 Å². The number of nitrogens with zero attached hydrogens (tertiary/aromatic N) is 2. The van der Waals surface area contributed by atoms with Crippen LogP contribution in [0, 0.1) is 12.8 Å². The molecule has 0 unspecified atom stereocenters. The highest BCUT2D eigenvalue weighted by Gasteiger charge is 2.41. The molecule has 2 N–H and O–H groups in total. The van der Waals surface area contributed by atoms with Gasteiger partial charge >= 0.3 is 6.18 Å². The third kappa shape index (κ3) is 7.56. The average molecular weight is 621 g/mol. The number of hydrogen-bond donors (Lipinski definition) is 2. The monoisotopic (exact) mass is 620 g/mol. The van der Waals surface area contributed by atoms with Gasteiger partial charge in [-0.05, 0) is 49.3 Å². The molecule has 1 fully saturated rings. The molecule has 232 valence electrons. The van der Waals surface area contributed by atoms with E-state index in [9.17, 15) is 31.2 Å². The zero-order valence-electron chi connectivity index (χ0n) is 24.4. The number of sulfonamides is 1. The van der Waals surface area contributed by atoms with Crippen molar-refractivity contribution in [3.8, 4) is 11.1 Å². The molecule has 0 radical (unpaired) electrons. The number of aryl methyl sites for hydroxylation is 1. The highest BCUT2D eigenvalue weighted by atomic mass is 32.2. The van der Waals surface area contributed by atoms with E-state index in [-0.39, 0.29) is 47.2 Å². The fraction of sp³-hybridized carbons (Fsp3) is 0.433. The number of benzene rings is 2. The van der Waals surface area contributed by atoms with Gasteiger partial charge in [-0.15, -0.1) is 0 Å². The van der Waals surface area contributed by atoms with E-state index in [1.807, 2.05) is 25.5 Å². The number of carbonyl (C=O) groups excluding carboxylic acids is 2. The maximum absolute atomic E-state index is 13.5. The zero-order valence-corrected chi connectivity index (χ0v) is 25.2. The Labute approximate surface area is 248 Å². The van der Waals surface area contributed by atoms with Crippen LogP contribution in [-0.2, 0) is 32.3 Å². The summed E-state index contributed by atoms with van der Waals surface area (Å²) in [5.74, 6) is -1.96. The van der Waals surface area contributed by atoms with E-state index in [2.05, 4.69) is 15.0 Å². The molecule has 0 saturated heterocycles. The van der Waals surface area contributed by atoms with Crippen molar-refractivity contribution in [1.82, 2.24) is 15.4 Å². The Balaban J connectivity index is 1.61.